The van der Waals surface area contributed by atoms with Crippen LogP contribution in [0.15, 0.2) is 0 Å². The second-order valence-electron chi connectivity index (χ2n) is 7.77. The fourth-order valence-electron chi connectivity index (χ4n) is 3.04. The molecule has 0 rings (SSSR count). The maximum Gasteiger partial charge on any atom is 0.389 e. The van der Waals surface area contributed by atoms with Crippen molar-refractivity contribution in [3.63, 3.8) is 0 Å². The van der Waals surface area contributed by atoms with Gasteiger partial charge in [-0.15, -0.1) is 8.78 Å². The van der Waals surface area contributed by atoms with Gasteiger partial charge >= 0.3 is 12.2 Å². The largest absolute Gasteiger partial charge is 0.389 e. The molecule has 0 amide bonds. The van der Waals surface area contributed by atoms with Crippen molar-refractivity contribution in [2.75, 3.05) is 14.1 Å². The molecule has 6 heteroatoms. The van der Waals surface area contributed by atoms with Gasteiger partial charge in [-0.25, -0.2) is 0 Å². The van der Waals surface area contributed by atoms with E-state index in [4.69, 9.17) is 0 Å². The van der Waals surface area contributed by atoms with Gasteiger partial charge in [0.05, 0.1) is 20.5 Å². The molecule has 0 saturated carbocycles. The fraction of sp³-hybridized carbons (Fsp3) is 1.00. The predicted molar refractivity (Wildman–Crippen MR) is 97.7 cm³/mol. The SMILES string of the molecule is C[NH+](C)C(F)(F)CCCCCCCCCCCCCCCCC(F)(F)F. The number of nitrogens with one attached hydrogen (secondary N) is 1. The Labute approximate surface area is 156 Å². The summed E-state index contributed by atoms with van der Waals surface area (Å²) < 4.78 is 62.6. The summed E-state index contributed by atoms with van der Waals surface area (Å²) in [5.74, 6) is 0. The normalized spacial score (nSPS) is 12.9. The number of quaternary nitrogens is 1. The molecule has 1 nitrogen and oxygen atoms in total. The maximum atomic E-state index is 13.4. The molecule has 0 aliphatic rings. The van der Waals surface area contributed by atoms with Crippen LogP contribution in [0.5, 0.6) is 0 Å². The van der Waals surface area contributed by atoms with Crippen LogP contribution in [0.1, 0.15) is 103 Å². The van der Waals surface area contributed by atoms with E-state index < -0.39 is 18.6 Å². The van der Waals surface area contributed by atoms with Gasteiger partial charge in [0, 0.05) is 6.42 Å². The first-order valence-corrected chi connectivity index (χ1v) is 10.4. The Morgan fingerprint density at radius 2 is 0.731 bits per heavy atom. The molecule has 0 aromatic rings. The van der Waals surface area contributed by atoms with Gasteiger partial charge in [0.2, 0.25) is 0 Å². The first kappa shape index (κ1) is 25.6. The van der Waals surface area contributed by atoms with Crippen LogP contribution in [-0.4, -0.2) is 26.3 Å². The number of unbranched alkanes of at least 4 members (excludes halogenated alkanes) is 13. The van der Waals surface area contributed by atoms with Crippen molar-refractivity contribution in [3.8, 4) is 0 Å². The molecule has 0 unspecified atom stereocenters. The van der Waals surface area contributed by atoms with Crippen molar-refractivity contribution in [3.05, 3.63) is 0 Å². The zero-order valence-electron chi connectivity index (χ0n) is 16.7. The van der Waals surface area contributed by atoms with Gasteiger partial charge in [0.1, 0.15) is 0 Å². The van der Waals surface area contributed by atoms with Crippen molar-refractivity contribution in [1.82, 2.24) is 0 Å². The summed E-state index contributed by atoms with van der Waals surface area (Å²) in [7, 11) is 2.99. The van der Waals surface area contributed by atoms with Gasteiger partial charge in [0.25, 0.3) is 0 Å². The Kier molecular flexibility index (Phi) is 14.4. The molecule has 0 bridgehead atoms. The monoisotopic (exact) mass is 388 g/mol. The minimum atomic E-state index is -4.00. The van der Waals surface area contributed by atoms with Crippen molar-refractivity contribution in [2.24, 2.45) is 0 Å². The quantitative estimate of drug-likeness (QED) is 0.164. The standard InChI is InChI=1S/C20H38F5N/c1-26(2)20(24,25)18-16-14-12-10-8-6-4-3-5-7-9-11-13-15-17-19(21,22)23/h3-18H2,1-2H3/p+1. The number of hydrogen-bond acceptors (Lipinski definition) is 0. The van der Waals surface area contributed by atoms with E-state index >= 15 is 0 Å². The highest BCUT2D eigenvalue weighted by Gasteiger charge is 2.35. The van der Waals surface area contributed by atoms with Crippen LogP contribution >= 0.6 is 0 Å². The van der Waals surface area contributed by atoms with Crippen LogP contribution in [0.25, 0.3) is 0 Å². The van der Waals surface area contributed by atoms with Gasteiger partial charge in [-0.3, -0.25) is 4.90 Å². The van der Waals surface area contributed by atoms with Crippen LogP contribution in [0.3, 0.4) is 0 Å². The average Bonchev–Trinajstić information content (AvgIpc) is 2.53. The van der Waals surface area contributed by atoms with Crippen molar-refractivity contribution < 1.29 is 26.9 Å². The van der Waals surface area contributed by atoms with Gasteiger partial charge in [0.15, 0.2) is 0 Å². The van der Waals surface area contributed by atoms with E-state index in [1.165, 1.54) is 46.2 Å². The van der Waals surface area contributed by atoms with Gasteiger partial charge in [-0.1, -0.05) is 77.0 Å². The number of hydrogen-bond donors (Lipinski definition) is 1. The van der Waals surface area contributed by atoms with Crippen LogP contribution < -0.4 is 4.90 Å². The van der Waals surface area contributed by atoms with E-state index in [2.05, 4.69) is 0 Å². The summed E-state index contributed by atoms with van der Waals surface area (Å²) >= 11 is 0. The molecule has 0 atom stereocenters. The summed E-state index contributed by atoms with van der Waals surface area (Å²) in [5, 5.41) is 0. The summed E-state index contributed by atoms with van der Waals surface area (Å²) in [6.07, 6.45) is 8.92. The smallest absolute Gasteiger partial charge is 0.279 e. The second kappa shape index (κ2) is 14.6. The zero-order chi connectivity index (χ0) is 19.9. The highest BCUT2D eigenvalue weighted by atomic mass is 19.4. The molecule has 0 saturated heterocycles. The Morgan fingerprint density at radius 1 is 0.462 bits per heavy atom. The highest BCUT2D eigenvalue weighted by Crippen LogP contribution is 2.23. The number of halogens is 5. The molecule has 0 radical (unpaired) electrons. The molecule has 158 valence electrons. The van der Waals surface area contributed by atoms with E-state index in [1.807, 2.05) is 0 Å². The first-order chi connectivity index (χ1) is 12.2. The predicted octanol–water partition coefficient (Wildman–Crippen LogP) is 6.53. The number of alkyl halides is 5. The lowest BCUT2D eigenvalue weighted by molar-refractivity contribution is -0.955. The lowest BCUT2D eigenvalue weighted by Gasteiger charge is -2.19. The van der Waals surface area contributed by atoms with E-state index in [0.29, 0.717) is 12.8 Å². The van der Waals surface area contributed by atoms with Crippen LogP contribution in [-0.2, 0) is 0 Å². The summed E-state index contributed by atoms with van der Waals surface area (Å²) in [5.41, 5.74) is 0. The van der Waals surface area contributed by atoms with E-state index in [-0.39, 0.29) is 17.7 Å². The Morgan fingerprint density at radius 3 is 1.00 bits per heavy atom. The van der Waals surface area contributed by atoms with Gasteiger partial charge in [-0.2, -0.15) is 13.2 Å². The third kappa shape index (κ3) is 17.0. The summed E-state index contributed by atoms with van der Waals surface area (Å²) in [6.45, 7) is 0. The van der Waals surface area contributed by atoms with Crippen LogP contribution in [0.4, 0.5) is 22.0 Å². The van der Waals surface area contributed by atoms with Gasteiger partial charge < -0.3 is 0 Å². The Hall–Kier alpha value is -0.390. The van der Waals surface area contributed by atoms with Crippen molar-refractivity contribution in [2.45, 2.75) is 115 Å². The van der Waals surface area contributed by atoms with E-state index in [1.54, 1.807) is 0 Å². The first-order valence-electron chi connectivity index (χ1n) is 10.4. The fourth-order valence-corrected chi connectivity index (χ4v) is 3.04. The van der Waals surface area contributed by atoms with E-state index in [9.17, 15) is 22.0 Å². The molecule has 0 aromatic heterocycles. The van der Waals surface area contributed by atoms with Crippen LogP contribution in [0.2, 0.25) is 0 Å². The minimum absolute atomic E-state index is 0.0223. The minimum Gasteiger partial charge on any atom is -0.279 e. The van der Waals surface area contributed by atoms with E-state index in [0.717, 1.165) is 38.5 Å². The second-order valence-corrected chi connectivity index (χ2v) is 7.77. The molecule has 0 aliphatic carbocycles. The third-order valence-corrected chi connectivity index (χ3v) is 4.93. The molecule has 26 heavy (non-hydrogen) atoms. The Balaban J connectivity index is 3.18. The number of rotatable bonds is 17. The Bertz CT molecular complexity index is 316. The molecule has 0 fully saturated rings. The summed E-state index contributed by atoms with van der Waals surface area (Å²) in [6, 6.07) is -2.60. The molecule has 0 spiro atoms. The van der Waals surface area contributed by atoms with Gasteiger partial charge in [-0.05, 0) is 12.8 Å². The van der Waals surface area contributed by atoms with Crippen molar-refractivity contribution in [1.29, 1.82) is 0 Å². The average molecular weight is 389 g/mol. The third-order valence-electron chi connectivity index (χ3n) is 4.93. The van der Waals surface area contributed by atoms with Crippen LogP contribution in [0, 0.1) is 0 Å². The molecule has 0 aliphatic heterocycles. The highest BCUT2D eigenvalue weighted by molar-refractivity contribution is 4.54. The maximum absolute atomic E-state index is 13.4. The lowest BCUT2D eigenvalue weighted by atomic mass is 10.0. The molecular formula is C20H39F5N+. The lowest BCUT2D eigenvalue weighted by Crippen LogP contribution is -3.13. The topological polar surface area (TPSA) is 4.44 Å². The molecule has 1 N–H and O–H groups in total. The zero-order valence-corrected chi connectivity index (χ0v) is 16.7. The molecule has 0 aromatic carbocycles. The molecule has 0 heterocycles. The summed E-state index contributed by atoms with van der Waals surface area (Å²) in [4.78, 5) is 0.207. The van der Waals surface area contributed by atoms with Crippen molar-refractivity contribution >= 4 is 0 Å². The molecular weight excluding hydrogens is 349 g/mol.